The average molecular weight is 165 g/mol. The smallest absolute Gasteiger partial charge is 0.115 e. The first-order valence-corrected chi connectivity index (χ1v) is 4.33. The minimum atomic E-state index is 0.0844. The Bertz CT molecular complexity index is 247. The lowest BCUT2D eigenvalue weighted by Gasteiger charge is -2.11. The SMILES string of the molecule is CCc1ncncc1[C@H](N)CC. The van der Waals surface area contributed by atoms with Crippen LogP contribution in [0.4, 0.5) is 0 Å². The topological polar surface area (TPSA) is 51.8 Å². The molecule has 0 amide bonds. The van der Waals surface area contributed by atoms with Crippen LogP contribution in [0.25, 0.3) is 0 Å². The highest BCUT2D eigenvalue weighted by molar-refractivity contribution is 5.19. The zero-order chi connectivity index (χ0) is 8.97. The van der Waals surface area contributed by atoms with Gasteiger partial charge in [0.2, 0.25) is 0 Å². The molecule has 0 saturated heterocycles. The number of nitrogens with zero attached hydrogens (tertiary/aromatic N) is 2. The summed E-state index contributed by atoms with van der Waals surface area (Å²) in [5, 5.41) is 0. The van der Waals surface area contributed by atoms with E-state index in [9.17, 15) is 0 Å². The first kappa shape index (κ1) is 9.13. The van der Waals surface area contributed by atoms with Gasteiger partial charge in [-0.3, -0.25) is 0 Å². The molecule has 2 N–H and O–H groups in total. The molecule has 0 aliphatic rings. The number of hydrogen-bond acceptors (Lipinski definition) is 3. The van der Waals surface area contributed by atoms with Gasteiger partial charge >= 0.3 is 0 Å². The van der Waals surface area contributed by atoms with Crippen LogP contribution in [0.3, 0.4) is 0 Å². The molecule has 0 radical (unpaired) electrons. The van der Waals surface area contributed by atoms with Gasteiger partial charge in [0.25, 0.3) is 0 Å². The zero-order valence-electron chi connectivity index (χ0n) is 7.62. The molecule has 0 aromatic carbocycles. The van der Waals surface area contributed by atoms with Crippen molar-refractivity contribution in [1.82, 2.24) is 9.97 Å². The quantitative estimate of drug-likeness (QED) is 0.737. The maximum absolute atomic E-state index is 5.89. The average Bonchev–Trinajstić information content (AvgIpc) is 2.16. The van der Waals surface area contributed by atoms with E-state index in [1.807, 2.05) is 6.20 Å². The molecule has 1 heterocycles. The third-order valence-corrected chi connectivity index (χ3v) is 2.00. The molecule has 0 spiro atoms. The van der Waals surface area contributed by atoms with Gasteiger partial charge in [-0.25, -0.2) is 9.97 Å². The van der Waals surface area contributed by atoms with Crippen LogP contribution in [0.2, 0.25) is 0 Å². The Kier molecular flexibility index (Phi) is 3.17. The highest BCUT2D eigenvalue weighted by Crippen LogP contribution is 2.15. The Morgan fingerprint density at radius 3 is 2.83 bits per heavy atom. The van der Waals surface area contributed by atoms with Gasteiger partial charge in [-0.2, -0.15) is 0 Å². The van der Waals surface area contributed by atoms with E-state index in [2.05, 4.69) is 23.8 Å². The monoisotopic (exact) mass is 165 g/mol. The Morgan fingerprint density at radius 2 is 2.25 bits per heavy atom. The van der Waals surface area contributed by atoms with E-state index < -0.39 is 0 Å². The van der Waals surface area contributed by atoms with Crippen LogP contribution in [0.15, 0.2) is 12.5 Å². The van der Waals surface area contributed by atoms with Crippen molar-refractivity contribution in [2.45, 2.75) is 32.7 Å². The van der Waals surface area contributed by atoms with Crippen molar-refractivity contribution in [2.75, 3.05) is 0 Å². The predicted molar refractivity (Wildman–Crippen MR) is 48.6 cm³/mol. The minimum Gasteiger partial charge on any atom is -0.324 e. The maximum atomic E-state index is 5.89. The van der Waals surface area contributed by atoms with E-state index in [-0.39, 0.29) is 6.04 Å². The lowest BCUT2D eigenvalue weighted by atomic mass is 10.0. The second-order valence-corrected chi connectivity index (χ2v) is 2.79. The van der Waals surface area contributed by atoms with Gasteiger partial charge in [-0.1, -0.05) is 13.8 Å². The molecule has 0 unspecified atom stereocenters. The highest BCUT2D eigenvalue weighted by Gasteiger charge is 2.08. The summed E-state index contributed by atoms with van der Waals surface area (Å²) >= 11 is 0. The summed E-state index contributed by atoms with van der Waals surface area (Å²) < 4.78 is 0. The highest BCUT2D eigenvalue weighted by atomic mass is 14.8. The molecule has 3 heteroatoms. The Labute approximate surface area is 73.0 Å². The van der Waals surface area contributed by atoms with E-state index in [0.717, 1.165) is 24.1 Å². The molecule has 12 heavy (non-hydrogen) atoms. The first-order valence-electron chi connectivity index (χ1n) is 4.33. The molecule has 66 valence electrons. The van der Waals surface area contributed by atoms with Gasteiger partial charge in [0, 0.05) is 23.5 Å². The fourth-order valence-electron chi connectivity index (χ4n) is 1.19. The lowest BCUT2D eigenvalue weighted by molar-refractivity contribution is 0.677. The molecule has 1 aromatic rings. The maximum Gasteiger partial charge on any atom is 0.115 e. The largest absolute Gasteiger partial charge is 0.324 e. The molecular formula is C9H15N3. The fraction of sp³-hybridized carbons (Fsp3) is 0.556. The van der Waals surface area contributed by atoms with Crippen molar-refractivity contribution in [1.29, 1.82) is 0 Å². The van der Waals surface area contributed by atoms with Crippen LogP contribution >= 0.6 is 0 Å². The van der Waals surface area contributed by atoms with Gasteiger partial charge < -0.3 is 5.73 Å². The molecule has 0 saturated carbocycles. The lowest BCUT2D eigenvalue weighted by Crippen LogP contribution is -2.12. The molecule has 1 rings (SSSR count). The van der Waals surface area contributed by atoms with Gasteiger partial charge in [0.1, 0.15) is 6.33 Å². The Balaban J connectivity index is 2.96. The molecule has 3 nitrogen and oxygen atoms in total. The van der Waals surface area contributed by atoms with E-state index in [0.29, 0.717) is 0 Å². The van der Waals surface area contributed by atoms with Crippen molar-refractivity contribution in [2.24, 2.45) is 5.73 Å². The molecule has 0 aliphatic heterocycles. The summed E-state index contributed by atoms with van der Waals surface area (Å²) in [7, 11) is 0. The standard InChI is InChI=1S/C9H15N3/c1-3-8(10)7-5-11-6-12-9(7)4-2/h5-6,8H,3-4,10H2,1-2H3/t8-/m1/s1. The number of aromatic nitrogens is 2. The molecule has 0 bridgehead atoms. The molecule has 1 aromatic heterocycles. The number of aryl methyl sites for hydroxylation is 1. The molecule has 1 atom stereocenters. The minimum absolute atomic E-state index is 0.0844. The summed E-state index contributed by atoms with van der Waals surface area (Å²) in [6, 6.07) is 0.0844. The van der Waals surface area contributed by atoms with E-state index in [4.69, 9.17) is 5.73 Å². The summed E-state index contributed by atoms with van der Waals surface area (Å²) in [6.07, 6.45) is 5.25. The second kappa shape index (κ2) is 4.16. The Hall–Kier alpha value is -0.960. The number of nitrogens with two attached hydrogens (primary N) is 1. The Morgan fingerprint density at radius 1 is 1.50 bits per heavy atom. The fourth-order valence-corrected chi connectivity index (χ4v) is 1.19. The van der Waals surface area contributed by atoms with Gasteiger partial charge in [-0.15, -0.1) is 0 Å². The molecular weight excluding hydrogens is 150 g/mol. The van der Waals surface area contributed by atoms with E-state index in [1.165, 1.54) is 0 Å². The number of hydrogen-bond donors (Lipinski definition) is 1. The summed E-state index contributed by atoms with van der Waals surface area (Å²) in [6.45, 7) is 4.14. The van der Waals surface area contributed by atoms with Crippen molar-refractivity contribution < 1.29 is 0 Å². The van der Waals surface area contributed by atoms with Crippen LogP contribution in [0.1, 0.15) is 37.6 Å². The van der Waals surface area contributed by atoms with E-state index in [1.54, 1.807) is 6.33 Å². The van der Waals surface area contributed by atoms with Crippen LogP contribution in [0, 0.1) is 0 Å². The van der Waals surface area contributed by atoms with Gasteiger partial charge in [0.15, 0.2) is 0 Å². The summed E-state index contributed by atoms with van der Waals surface area (Å²) in [5.74, 6) is 0. The first-order chi connectivity index (χ1) is 5.79. The van der Waals surface area contributed by atoms with Crippen LogP contribution in [-0.2, 0) is 6.42 Å². The summed E-state index contributed by atoms with van der Waals surface area (Å²) in [4.78, 5) is 8.15. The normalized spacial score (nSPS) is 12.9. The van der Waals surface area contributed by atoms with Crippen molar-refractivity contribution in [3.8, 4) is 0 Å². The second-order valence-electron chi connectivity index (χ2n) is 2.79. The van der Waals surface area contributed by atoms with Crippen LogP contribution in [-0.4, -0.2) is 9.97 Å². The third-order valence-electron chi connectivity index (χ3n) is 2.00. The zero-order valence-corrected chi connectivity index (χ0v) is 7.62. The molecule has 0 aliphatic carbocycles. The van der Waals surface area contributed by atoms with Gasteiger partial charge in [0.05, 0.1) is 0 Å². The van der Waals surface area contributed by atoms with Gasteiger partial charge in [-0.05, 0) is 12.8 Å². The van der Waals surface area contributed by atoms with Crippen molar-refractivity contribution in [3.63, 3.8) is 0 Å². The third kappa shape index (κ3) is 1.80. The van der Waals surface area contributed by atoms with Crippen molar-refractivity contribution >= 4 is 0 Å². The van der Waals surface area contributed by atoms with Crippen molar-refractivity contribution in [3.05, 3.63) is 23.8 Å². The van der Waals surface area contributed by atoms with Crippen LogP contribution < -0.4 is 5.73 Å². The summed E-state index contributed by atoms with van der Waals surface area (Å²) in [5.41, 5.74) is 8.05. The van der Waals surface area contributed by atoms with Crippen LogP contribution in [0.5, 0.6) is 0 Å². The number of rotatable bonds is 3. The predicted octanol–water partition coefficient (Wildman–Crippen LogP) is 1.45. The van der Waals surface area contributed by atoms with E-state index >= 15 is 0 Å². The molecule has 0 fully saturated rings.